The second kappa shape index (κ2) is 6.99. The van der Waals surface area contributed by atoms with Crippen molar-refractivity contribution in [2.45, 2.75) is 26.4 Å². The minimum Gasteiger partial charge on any atom is -0.495 e. The number of amides is 1. The molecule has 1 aliphatic rings. The molecule has 3 aromatic rings. The van der Waals surface area contributed by atoms with Gasteiger partial charge in [-0.1, -0.05) is 0 Å². The van der Waals surface area contributed by atoms with Gasteiger partial charge in [-0.15, -0.1) is 0 Å². The molecule has 0 atom stereocenters. The fraction of sp³-hybridized carbons (Fsp3) is 0.263. The molecule has 0 aromatic carbocycles. The number of hydrogen-bond donors (Lipinski definition) is 0. The molecule has 9 heteroatoms. The zero-order valence-corrected chi connectivity index (χ0v) is 15.3. The molecule has 144 valence electrons. The van der Waals surface area contributed by atoms with Crippen LogP contribution in [0.2, 0.25) is 0 Å². The van der Waals surface area contributed by atoms with Crippen molar-refractivity contribution in [3.8, 4) is 17.0 Å². The molecule has 4 rings (SSSR count). The van der Waals surface area contributed by atoms with Crippen LogP contribution in [0.5, 0.6) is 5.75 Å². The highest BCUT2D eigenvalue weighted by molar-refractivity contribution is 6.10. The fourth-order valence-electron chi connectivity index (χ4n) is 3.26. The molecule has 4 heterocycles. The van der Waals surface area contributed by atoms with Crippen LogP contribution >= 0.6 is 0 Å². The second-order valence-corrected chi connectivity index (χ2v) is 6.46. The number of anilines is 1. The lowest BCUT2D eigenvalue weighted by molar-refractivity contribution is 0.0996. The van der Waals surface area contributed by atoms with Gasteiger partial charge in [-0.3, -0.25) is 24.3 Å². The van der Waals surface area contributed by atoms with E-state index in [9.17, 15) is 13.6 Å². The Hall–Kier alpha value is -3.36. The van der Waals surface area contributed by atoms with Crippen molar-refractivity contribution < 1.29 is 18.3 Å². The average molecular weight is 385 g/mol. The first-order valence-electron chi connectivity index (χ1n) is 8.58. The normalized spacial score (nSPS) is 13.3. The maximum Gasteiger partial charge on any atom is 0.260 e. The summed E-state index contributed by atoms with van der Waals surface area (Å²) >= 11 is 0. The van der Waals surface area contributed by atoms with Crippen LogP contribution in [0.15, 0.2) is 36.9 Å². The molecule has 0 saturated heterocycles. The molecule has 1 amide bonds. The van der Waals surface area contributed by atoms with Gasteiger partial charge in [-0.2, -0.15) is 5.10 Å². The van der Waals surface area contributed by atoms with E-state index in [2.05, 4.69) is 15.1 Å². The molecule has 3 aromatic heterocycles. The third-order valence-corrected chi connectivity index (χ3v) is 4.56. The highest BCUT2D eigenvalue weighted by atomic mass is 19.3. The highest BCUT2D eigenvalue weighted by Gasteiger charge is 2.32. The summed E-state index contributed by atoms with van der Waals surface area (Å²) in [7, 11) is 1.56. The molecular weight excluding hydrogens is 368 g/mol. The minimum atomic E-state index is -2.51. The van der Waals surface area contributed by atoms with Gasteiger partial charge >= 0.3 is 0 Å². The van der Waals surface area contributed by atoms with Crippen LogP contribution < -0.4 is 9.64 Å². The van der Waals surface area contributed by atoms with Gasteiger partial charge < -0.3 is 4.74 Å². The first-order valence-corrected chi connectivity index (χ1v) is 8.58. The zero-order chi connectivity index (χ0) is 19.8. The van der Waals surface area contributed by atoms with E-state index in [1.54, 1.807) is 19.5 Å². The predicted octanol–water partition coefficient (Wildman–Crippen LogP) is 3.08. The number of pyridine rings is 2. The number of halogens is 2. The third-order valence-electron chi connectivity index (χ3n) is 4.56. The SMILES string of the molecule is COc1cncc(-c2cc(C)c3c(n2)CN(c2cnn(CC(F)F)c2)C3=O)c1. The van der Waals surface area contributed by atoms with Crippen LogP contribution in [0.4, 0.5) is 14.5 Å². The summed E-state index contributed by atoms with van der Waals surface area (Å²) in [5.74, 6) is 0.397. The van der Waals surface area contributed by atoms with Crippen LogP contribution in [0.1, 0.15) is 21.6 Å². The summed E-state index contributed by atoms with van der Waals surface area (Å²) in [6.07, 6.45) is 3.63. The second-order valence-electron chi connectivity index (χ2n) is 6.46. The van der Waals surface area contributed by atoms with Crippen molar-refractivity contribution in [1.82, 2.24) is 19.7 Å². The number of methoxy groups -OCH3 is 1. The number of nitrogens with zero attached hydrogens (tertiary/aromatic N) is 5. The Morgan fingerprint density at radius 3 is 2.82 bits per heavy atom. The summed E-state index contributed by atoms with van der Waals surface area (Å²) in [6, 6.07) is 3.65. The van der Waals surface area contributed by atoms with E-state index in [1.807, 2.05) is 19.1 Å². The summed E-state index contributed by atoms with van der Waals surface area (Å²) in [4.78, 5) is 23.1. The summed E-state index contributed by atoms with van der Waals surface area (Å²) < 4.78 is 31.4. The molecule has 0 N–H and O–H groups in total. The lowest BCUT2D eigenvalue weighted by Crippen LogP contribution is -2.23. The number of hydrogen-bond acceptors (Lipinski definition) is 5. The van der Waals surface area contributed by atoms with E-state index in [0.717, 1.165) is 15.8 Å². The zero-order valence-electron chi connectivity index (χ0n) is 15.3. The van der Waals surface area contributed by atoms with Crippen LogP contribution in [-0.4, -0.2) is 39.2 Å². The largest absolute Gasteiger partial charge is 0.495 e. The standard InChI is InChI=1S/C19H17F2N5O2/c1-11-3-15(12-4-14(28-2)7-22-5-12)24-16-9-26(19(27)18(11)16)13-6-23-25(8-13)10-17(20)21/h3-8,17H,9-10H2,1-2H3. The minimum absolute atomic E-state index is 0.216. The van der Waals surface area contributed by atoms with E-state index < -0.39 is 13.0 Å². The van der Waals surface area contributed by atoms with Gasteiger partial charge in [0.1, 0.15) is 12.3 Å². The van der Waals surface area contributed by atoms with E-state index in [1.165, 1.54) is 17.3 Å². The van der Waals surface area contributed by atoms with Gasteiger partial charge in [0.25, 0.3) is 12.3 Å². The van der Waals surface area contributed by atoms with Crippen LogP contribution in [0.25, 0.3) is 11.3 Å². The number of carbonyl (C=O) groups is 1. The molecule has 0 radical (unpaired) electrons. The van der Waals surface area contributed by atoms with Gasteiger partial charge in [0, 0.05) is 18.0 Å². The number of aryl methyl sites for hydroxylation is 1. The Labute approximate surface area is 159 Å². The van der Waals surface area contributed by atoms with Crippen molar-refractivity contribution in [3.05, 3.63) is 53.7 Å². The molecular formula is C19H17F2N5O2. The highest BCUT2D eigenvalue weighted by Crippen LogP contribution is 2.32. The fourth-order valence-corrected chi connectivity index (χ4v) is 3.26. The van der Waals surface area contributed by atoms with Crippen molar-refractivity contribution >= 4 is 11.6 Å². The van der Waals surface area contributed by atoms with E-state index in [-0.39, 0.29) is 12.5 Å². The Balaban J connectivity index is 1.67. The maximum absolute atomic E-state index is 12.9. The first kappa shape index (κ1) is 18.0. The Morgan fingerprint density at radius 2 is 2.07 bits per heavy atom. The molecule has 0 fully saturated rings. The van der Waals surface area contributed by atoms with Gasteiger partial charge in [-0.25, -0.2) is 8.78 Å². The number of aromatic nitrogens is 4. The van der Waals surface area contributed by atoms with Crippen LogP contribution in [-0.2, 0) is 13.1 Å². The van der Waals surface area contributed by atoms with Crippen LogP contribution in [0.3, 0.4) is 0 Å². The predicted molar refractivity (Wildman–Crippen MR) is 97.5 cm³/mol. The quantitative estimate of drug-likeness (QED) is 0.675. The van der Waals surface area contributed by atoms with Crippen molar-refractivity contribution in [2.24, 2.45) is 0 Å². The average Bonchev–Trinajstić information content (AvgIpc) is 3.25. The lowest BCUT2D eigenvalue weighted by atomic mass is 10.1. The Morgan fingerprint density at radius 1 is 1.25 bits per heavy atom. The molecule has 28 heavy (non-hydrogen) atoms. The summed E-state index contributed by atoms with van der Waals surface area (Å²) in [5, 5.41) is 3.91. The van der Waals surface area contributed by atoms with E-state index in [4.69, 9.17) is 4.74 Å². The van der Waals surface area contributed by atoms with Crippen LogP contribution in [0, 0.1) is 6.92 Å². The lowest BCUT2D eigenvalue weighted by Gasteiger charge is -2.12. The number of carbonyl (C=O) groups excluding carboxylic acids is 1. The maximum atomic E-state index is 12.9. The number of ether oxygens (including phenoxy) is 1. The first-order chi connectivity index (χ1) is 13.5. The molecule has 0 spiro atoms. The Bertz CT molecular complexity index is 1050. The van der Waals surface area contributed by atoms with E-state index >= 15 is 0 Å². The summed E-state index contributed by atoms with van der Waals surface area (Å²) in [6.45, 7) is 1.58. The van der Waals surface area contributed by atoms with Gasteiger partial charge in [0.15, 0.2) is 0 Å². The van der Waals surface area contributed by atoms with E-state index in [0.29, 0.717) is 28.4 Å². The molecule has 0 bridgehead atoms. The van der Waals surface area contributed by atoms with Crippen molar-refractivity contribution in [1.29, 1.82) is 0 Å². The van der Waals surface area contributed by atoms with Gasteiger partial charge in [-0.05, 0) is 24.6 Å². The van der Waals surface area contributed by atoms with Crippen molar-refractivity contribution in [3.63, 3.8) is 0 Å². The van der Waals surface area contributed by atoms with Crippen molar-refractivity contribution in [2.75, 3.05) is 12.0 Å². The molecule has 1 aliphatic heterocycles. The van der Waals surface area contributed by atoms with Gasteiger partial charge in [0.05, 0.1) is 48.7 Å². The topological polar surface area (TPSA) is 73.1 Å². The third kappa shape index (κ3) is 3.19. The molecule has 0 aliphatic carbocycles. The number of fused-ring (bicyclic) bond motifs is 1. The smallest absolute Gasteiger partial charge is 0.260 e. The summed E-state index contributed by atoms with van der Waals surface area (Å²) in [5.41, 5.74) is 3.88. The molecule has 0 saturated carbocycles. The number of alkyl halides is 2. The van der Waals surface area contributed by atoms with Gasteiger partial charge in [0.2, 0.25) is 0 Å². The monoisotopic (exact) mass is 385 g/mol. The molecule has 7 nitrogen and oxygen atoms in total. The Kier molecular flexibility index (Phi) is 4.50. The number of rotatable bonds is 5. The molecule has 0 unspecified atom stereocenters.